The first-order chi connectivity index (χ1) is 19.7. The van der Waals surface area contributed by atoms with Gasteiger partial charge in [-0.3, -0.25) is 14.2 Å². The van der Waals surface area contributed by atoms with Crippen LogP contribution in [0.25, 0.3) is 17.4 Å². The van der Waals surface area contributed by atoms with Crippen LogP contribution < -0.4 is 24.4 Å². The molecule has 9 nitrogen and oxygen atoms in total. The highest BCUT2D eigenvalue weighted by Gasteiger charge is 2.35. The van der Waals surface area contributed by atoms with E-state index in [2.05, 4.69) is 4.99 Å². The molecule has 0 saturated heterocycles. The second kappa shape index (κ2) is 11.4. The Morgan fingerprint density at radius 2 is 1.83 bits per heavy atom. The number of carbonyl (C=O) groups is 2. The lowest BCUT2D eigenvalue weighted by molar-refractivity contribution is -0.139. The summed E-state index contributed by atoms with van der Waals surface area (Å²) in [5, 5.41) is 0. The monoisotopic (exact) mass is 572 g/mol. The molecule has 10 heteroatoms. The molecule has 0 saturated carbocycles. The number of furan rings is 1. The summed E-state index contributed by atoms with van der Waals surface area (Å²) >= 11 is 1.20. The number of aromatic nitrogens is 1. The fourth-order valence-electron chi connectivity index (χ4n) is 4.71. The number of hydrogen-bond acceptors (Lipinski definition) is 9. The summed E-state index contributed by atoms with van der Waals surface area (Å²) in [4.78, 5) is 43.7. The Balaban J connectivity index is 1.63. The van der Waals surface area contributed by atoms with Gasteiger partial charge in [-0.1, -0.05) is 35.6 Å². The predicted octanol–water partition coefficient (Wildman–Crippen LogP) is 4.28. The van der Waals surface area contributed by atoms with Crippen molar-refractivity contribution < 1.29 is 28.2 Å². The van der Waals surface area contributed by atoms with Gasteiger partial charge in [-0.25, -0.2) is 9.79 Å². The molecule has 41 heavy (non-hydrogen) atoms. The maximum atomic E-state index is 13.9. The number of fused-ring (bicyclic) bond motifs is 1. The van der Waals surface area contributed by atoms with Crippen LogP contribution >= 0.6 is 11.3 Å². The molecule has 4 aromatic rings. The molecule has 2 aromatic carbocycles. The number of carbonyl (C=O) groups excluding carboxylic acids is 2. The Kier molecular flexibility index (Phi) is 7.76. The Labute approximate surface area is 239 Å². The zero-order chi connectivity index (χ0) is 29.3. The van der Waals surface area contributed by atoms with E-state index in [9.17, 15) is 14.4 Å². The van der Waals surface area contributed by atoms with Crippen molar-refractivity contribution in [3.63, 3.8) is 0 Å². The summed E-state index contributed by atoms with van der Waals surface area (Å²) in [5.74, 6) is 1.52. The van der Waals surface area contributed by atoms with Gasteiger partial charge in [-0.2, -0.15) is 0 Å². The molecule has 1 atom stereocenters. The van der Waals surface area contributed by atoms with E-state index >= 15 is 0 Å². The number of allylic oxidation sites excluding steroid dienone is 1. The van der Waals surface area contributed by atoms with Crippen LogP contribution in [-0.2, 0) is 9.53 Å². The van der Waals surface area contributed by atoms with Gasteiger partial charge in [0, 0.05) is 28.8 Å². The molecule has 0 bridgehead atoms. The predicted molar refractivity (Wildman–Crippen MR) is 154 cm³/mol. The molecule has 0 unspecified atom stereocenters. The highest BCUT2D eigenvalue weighted by molar-refractivity contribution is 7.07. The topological polar surface area (TPSA) is 109 Å². The van der Waals surface area contributed by atoms with Crippen LogP contribution in [0.3, 0.4) is 0 Å². The quantitative estimate of drug-likeness (QED) is 0.229. The third-order valence-electron chi connectivity index (χ3n) is 6.73. The minimum absolute atomic E-state index is 0.0148. The molecule has 3 heterocycles. The van der Waals surface area contributed by atoms with Gasteiger partial charge in [0.15, 0.2) is 10.6 Å². The number of ether oxygens (including phenoxy) is 3. The van der Waals surface area contributed by atoms with Crippen molar-refractivity contribution in [3.05, 3.63) is 102 Å². The van der Waals surface area contributed by atoms with Crippen LogP contribution in [0.4, 0.5) is 0 Å². The smallest absolute Gasteiger partial charge is 0.338 e. The fourth-order valence-corrected chi connectivity index (χ4v) is 5.74. The van der Waals surface area contributed by atoms with Gasteiger partial charge in [-0.05, 0) is 45.0 Å². The zero-order valence-corrected chi connectivity index (χ0v) is 24.0. The second-order valence-corrected chi connectivity index (χ2v) is 10.3. The minimum Gasteiger partial charge on any atom is -0.497 e. The van der Waals surface area contributed by atoms with Gasteiger partial charge in [0.25, 0.3) is 5.56 Å². The highest BCUT2D eigenvalue weighted by atomic mass is 32.1. The van der Waals surface area contributed by atoms with Crippen molar-refractivity contribution in [2.75, 3.05) is 20.8 Å². The molecule has 0 radical (unpaired) electrons. The summed E-state index contributed by atoms with van der Waals surface area (Å²) in [5.41, 5.74) is 2.37. The SMILES string of the molecule is CCOC(=O)C1=C(C)N=c2s/c(=C\c3ccc(-c4ccc(C(C)=O)cc4)o3)c(=O)n2[C@@H]1c1ccc(OC)cc1OC. The van der Waals surface area contributed by atoms with E-state index in [1.807, 2.05) is 12.1 Å². The Bertz CT molecular complexity index is 1860. The summed E-state index contributed by atoms with van der Waals surface area (Å²) < 4.78 is 24.3. The van der Waals surface area contributed by atoms with E-state index in [1.165, 1.54) is 29.9 Å². The maximum Gasteiger partial charge on any atom is 0.338 e. The maximum absolute atomic E-state index is 13.9. The lowest BCUT2D eigenvalue weighted by Gasteiger charge is -2.26. The highest BCUT2D eigenvalue weighted by Crippen LogP contribution is 2.37. The zero-order valence-electron chi connectivity index (χ0n) is 23.2. The van der Waals surface area contributed by atoms with Crippen molar-refractivity contribution >= 4 is 29.2 Å². The number of benzene rings is 2. The van der Waals surface area contributed by atoms with Crippen molar-refractivity contribution in [2.24, 2.45) is 4.99 Å². The number of rotatable bonds is 8. The van der Waals surface area contributed by atoms with Crippen molar-refractivity contribution in [2.45, 2.75) is 26.8 Å². The minimum atomic E-state index is -0.833. The standard InChI is InChI=1S/C31H28N2O7S/c1-6-39-30(36)27-17(2)32-31-33(28(27)23-13-11-21(37-4)15-25(23)38-5)29(35)26(41-31)16-22-12-14-24(40-22)20-9-7-19(8-10-20)18(3)34/h7-16,28H,6H2,1-5H3/b26-16-/t28-/m1/s1. The molecule has 0 aliphatic carbocycles. The fraction of sp³-hybridized carbons (Fsp3) is 0.226. The van der Waals surface area contributed by atoms with E-state index in [4.69, 9.17) is 18.6 Å². The molecule has 1 aliphatic heterocycles. The third-order valence-corrected chi connectivity index (χ3v) is 7.71. The molecular formula is C31H28N2O7S. The lowest BCUT2D eigenvalue weighted by atomic mass is 9.95. The first-order valence-electron chi connectivity index (χ1n) is 12.9. The molecule has 0 spiro atoms. The van der Waals surface area contributed by atoms with E-state index in [1.54, 1.807) is 69.5 Å². The van der Waals surface area contributed by atoms with Crippen LogP contribution in [0.1, 0.15) is 48.5 Å². The normalized spacial score (nSPS) is 14.9. The van der Waals surface area contributed by atoms with Gasteiger partial charge < -0.3 is 18.6 Å². The molecule has 0 N–H and O–H groups in total. The number of esters is 1. The molecule has 0 fully saturated rings. The average molecular weight is 573 g/mol. The molecule has 2 aromatic heterocycles. The van der Waals surface area contributed by atoms with E-state index in [0.29, 0.717) is 49.2 Å². The third kappa shape index (κ3) is 5.26. The van der Waals surface area contributed by atoms with Crippen molar-refractivity contribution in [1.82, 2.24) is 4.57 Å². The molecular weight excluding hydrogens is 544 g/mol. The first kappa shape index (κ1) is 27.9. The number of nitrogens with zero attached hydrogens (tertiary/aromatic N) is 2. The molecule has 210 valence electrons. The Hall–Kier alpha value is -4.70. The van der Waals surface area contributed by atoms with Crippen molar-refractivity contribution in [1.29, 1.82) is 0 Å². The van der Waals surface area contributed by atoms with E-state index in [0.717, 1.165) is 5.56 Å². The van der Waals surface area contributed by atoms with Gasteiger partial charge in [0.1, 0.15) is 29.1 Å². The largest absolute Gasteiger partial charge is 0.497 e. The second-order valence-electron chi connectivity index (χ2n) is 9.25. The first-order valence-corrected chi connectivity index (χ1v) is 13.7. The van der Waals surface area contributed by atoms with Gasteiger partial charge in [-0.15, -0.1) is 0 Å². The van der Waals surface area contributed by atoms with Crippen molar-refractivity contribution in [3.8, 4) is 22.8 Å². The average Bonchev–Trinajstić information content (AvgIpc) is 3.56. The van der Waals surface area contributed by atoms with Crippen LogP contribution in [0.5, 0.6) is 11.5 Å². The number of methoxy groups -OCH3 is 2. The van der Waals surface area contributed by atoms with Crippen LogP contribution in [0.15, 0.2) is 80.1 Å². The van der Waals surface area contributed by atoms with E-state index < -0.39 is 12.0 Å². The van der Waals surface area contributed by atoms with Crippen LogP contribution in [-0.4, -0.2) is 37.1 Å². The molecule has 1 aliphatic rings. The van der Waals surface area contributed by atoms with Gasteiger partial charge in [0.05, 0.1) is 36.6 Å². The molecule has 5 rings (SSSR count). The summed E-state index contributed by atoms with van der Waals surface area (Å²) in [7, 11) is 3.07. The van der Waals surface area contributed by atoms with Crippen LogP contribution in [0, 0.1) is 0 Å². The van der Waals surface area contributed by atoms with E-state index in [-0.39, 0.29) is 23.5 Å². The summed E-state index contributed by atoms with van der Waals surface area (Å²) in [6, 6.07) is 15.1. The lowest BCUT2D eigenvalue weighted by Crippen LogP contribution is -2.40. The number of ketones is 1. The van der Waals surface area contributed by atoms with Gasteiger partial charge >= 0.3 is 5.97 Å². The molecule has 0 amide bonds. The number of thiazole rings is 1. The summed E-state index contributed by atoms with van der Waals surface area (Å²) in [6.07, 6.45) is 1.66. The van der Waals surface area contributed by atoms with Crippen LogP contribution in [0.2, 0.25) is 0 Å². The number of Topliss-reactive ketones (excluding diaryl/α,β-unsaturated/α-hetero) is 1. The Morgan fingerprint density at radius 3 is 2.49 bits per heavy atom. The Morgan fingerprint density at radius 1 is 1.07 bits per heavy atom. The summed E-state index contributed by atoms with van der Waals surface area (Å²) in [6.45, 7) is 5.14. The van der Waals surface area contributed by atoms with Gasteiger partial charge in [0.2, 0.25) is 0 Å². The number of hydrogen-bond donors (Lipinski definition) is 0.